The molecule has 3 N–H and O–H groups in total. The summed E-state index contributed by atoms with van der Waals surface area (Å²) in [6.07, 6.45) is -1.60. The van der Waals surface area contributed by atoms with E-state index in [1.807, 2.05) is 13.8 Å². The number of aliphatic hydroxyl groups excluding tert-OH is 1. The summed E-state index contributed by atoms with van der Waals surface area (Å²) in [6, 6.07) is 0. The van der Waals surface area contributed by atoms with Crippen LogP contribution < -0.4 is 0 Å². The molecule has 32 heavy (non-hydrogen) atoms. The van der Waals surface area contributed by atoms with Gasteiger partial charge in [0.25, 0.3) is 0 Å². The van der Waals surface area contributed by atoms with Crippen LogP contribution in [0.4, 0.5) is 0 Å². The predicted octanol–water partition coefficient (Wildman–Crippen LogP) is -0.366. The maximum Gasteiger partial charge on any atom is 0.343 e. The van der Waals surface area contributed by atoms with E-state index in [9.17, 15) is 24.9 Å². The molecule has 1 saturated carbocycles. The van der Waals surface area contributed by atoms with Crippen molar-refractivity contribution in [1.29, 1.82) is 0 Å². The molecule has 3 saturated heterocycles. The first-order valence-corrected chi connectivity index (χ1v) is 10.9. The van der Waals surface area contributed by atoms with E-state index in [0.29, 0.717) is 12.8 Å². The molecule has 6 aliphatic rings. The highest BCUT2D eigenvalue weighted by molar-refractivity contribution is 5.86. The predicted molar refractivity (Wildman–Crippen MR) is 105 cm³/mol. The number of hydrogen-bond acceptors (Lipinski definition) is 10. The fourth-order valence-electron chi connectivity index (χ4n) is 7.21. The van der Waals surface area contributed by atoms with Crippen LogP contribution in [0.1, 0.15) is 33.1 Å². The van der Waals surface area contributed by atoms with Gasteiger partial charge in [0.2, 0.25) is 0 Å². The molecule has 0 radical (unpaired) electrons. The number of ether oxygens (including phenoxy) is 5. The molecule has 2 bridgehead atoms. The van der Waals surface area contributed by atoms with E-state index in [1.165, 1.54) is 20.3 Å². The summed E-state index contributed by atoms with van der Waals surface area (Å²) in [5, 5.41) is 33.7. The molecule has 10 heteroatoms. The number of rotatable bonds is 3. The van der Waals surface area contributed by atoms with Crippen molar-refractivity contribution in [3.63, 3.8) is 0 Å². The molecular formula is C22H30O10. The highest BCUT2D eigenvalue weighted by atomic mass is 16.8. The maximum absolute atomic E-state index is 13.2. The molecule has 2 aliphatic carbocycles. The Kier molecular flexibility index (Phi) is 4.68. The van der Waals surface area contributed by atoms with Gasteiger partial charge in [0.05, 0.1) is 5.92 Å². The van der Waals surface area contributed by atoms with Gasteiger partial charge in [-0.15, -0.1) is 0 Å². The van der Waals surface area contributed by atoms with Gasteiger partial charge in [-0.1, -0.05) is 13.8 Å². The molecule has 0 aromatic heterocycles. The van der Waals surface area contributed by atoms with Crippen LogP contribution in [0.2, 0.25) is 0 Å². The lowest BCUT2D eigenvalue weighted by molar-refractivity contribution is -0.282. The van der Waals surface area contributed by atoms with Crippen LogP contribution in [0.25, 0.3) is 0 Å². The fourth-order valence-corrected chi connectivity index (χ4v) is 7.21. The van der Waals surface area contributed by atoms with Crippen molar-refractivity contribution in [3.05, 3.63) is 12.2 Å². The molecule has 10 nitrogen and oxygen atoms in total. The van der Waals surface area contributed by atoms with E-state index >= 15 is 0 Å². The van der Waals surface area contributed by atoms with E-state index in [0.717, 1.165) is 0 Å². The molecule has 0 aromatic carbocycles. The summed E-state index contributed by atoms with van der Waals surface area (Å²) >= 11 is 0. The van der Waals surface area contributed by atoms with Gasteiger partial charge < -0.3 is 39.0 Å². The Bertz CT molecular complexity index is 871. The van der Waals surface area contributed by atoms with Crippen molar-refractivity contribution in [1.82, 2.24) is 0 Å². The molecule has 178 valence electrons. The average molecular weight is 454 g/mol. The molecule has 0 amide bonds. The zero-order valence-electron chi connectivity index (χ0n) is 18.5. The topological polar surface area (TPSA) is 141 Å². The summed E-state index contributed by atoms with van der Waals surface area (Å²) in [7, 11) is 2.64. The van der Waals surface area contributed by atoms with Gasteiger partial charge in [-0.25, -0.2) is 4.79 Å². The molecule has 0 spiro atoms. The van der Waals surface area contributed by atoms with Crippen molar-refractivity contribution in [2.75, 3.05) is 14.2 Å². The van der Waals surface area contributed by atoms with Crippen LogP contribution in [-0.4, -0.2) is 83.6 Å². The second-order valence-electron chi connectivity index (χ2n) is 10.3. The standard InChI is InChI=1S/C22H30O10/c1-19-9-12(22(27)14(23)16(28-3)32-18(22)29-4)31-15(24)10(19)5-7-20(2)13(19)11-6-8-21(20,26)17(25)30-11/h6,8,10-14,16,18,23,26-27H,5,7,9H2,1-4H3. The maximum atomic E-state index is 13.2. The van der Waals surface area contributed by atoms with Gasteiger partial charge in [0.15, 0.2) is 23.8 Å². The zero-order chi connectivity index (χ0) is 23.3. The molecule has 11 unspecified atom stereocenters. The van der Waals surface area contributed by atoms with Gasteiger partial charge in [-0.3, -0.25) is 4.79 Å². The van der Waals surface area contributed by atoms with Gasteiger partial charge in [-0.05, 0) is 36.8 Å². The second-order valence-corrected chi connectivity index (χ2v) is 10.3. The summed E-state index contributed by atoms with van der Waals surface area (Å²) in [4.78, 5) is 25.8. The van der Waals surface area contributed by atoms with E-state index < -0.39 is 76.7 Å². The number of hydrogen-bond donors (Lipinski definition) is 3. The van der Waals surface area contributed by atoms with E-state index in [1.54, 1.807) is 6.08 Å². The molecule has 4 fully saturated rings. The summed E-state index contributed by atoms with van der Waals surface area (Å²) < 4.78 is 27.1. The van der Waals surface area contributed by atoms with Crippen LogP contribution in [0.3, 0.4) is 0 Å². The smallest absolute Gasteiger partial charge is 0.343 e. The highest BCUT2D eigenvalue weighted by Crippen LogP contribution is 2.67. The minimum absolute atomic E-state index is 0.148. The van der Waals surface area contributed by atoms with Crippen LogP contribution >= 0.6 is 0 Å². The second kappa shape index (κ2) is 6.74. The van der Waals surface area contributed by atoms with E-state index in [2.05, 4.69) is 0 Å². The number of cyclic esters (lactones) is 1. The molecule has 4 heterocycles. The Morgan fingerprint density at radius 3 is 2.47 bits per heavy atom. The Hall–Kier alpha value is -1.56. The number of esters is 2. The lowest BCUT2D eigenvalue weighted by atomic mass is 9.42. The molecular weight excluding hydrogens is 424 g/mol. The summed E-state index contributed by atoms with van der Waals surface area (Å²) in [6.45, 7) is 3.76. The van der Waals surface area contributed by atoms with Crippen molar-refractivity contribution in [2.24, 2.45) is 22.7 Å². The number of carbonyl (C=O) groups excluding carboxylic acids is 2. The quantitative estimate of drug-likeness (QED) is 0.382. The first-order valence-electron chi connectivity index (χ1n) is 10.9. The number of methoxy groups -OCH3 is 2. The van der Waals surface area contributed by atoms with Crippen LogP contribution in [-0.2, 0) is 33.3 Å². The number of fused-ring (bicyclic) bond motifs is 2. The fraction of sp³-hybridized carbons (Fsp3) is 0.818. The normalized spacial score (nSPS) is 56.4. The monoisotopic (exact) mass is 454 g/mol. The van der Waals surface area contributed by atoms with E-state index in [4.69, 9.17) is 23.7 Å². The Balaban J connectivity index is 1.57. The SMILES string of the molecule is COC1OC(OC)C(O)(C2CC3(C)C(CCC4(C)C3C3C=CC4(O)C(=O)O3)C(=O)O2)C1O. The summed E-state index contributed by atoms with van der Waals surface area (Å²) in [5.74, 6) is -2.11. The lowest BCUT2D eigenvalue weighted by Crippen LogP contribution is -2.74. The van der Waals surface area contributed by atoms with Gasteiger partial charge in [0, 0.05) is 25.6 Å². The molecule has 4 aliphatic heterocycles. The minimum atomic E-state index is -2.08. The summed E-state index contributed by atoms with van der Waals surface area (Å²) in [5.41, 5.74) is -5.54. The Morgan fingerprint density at radius 2 is 1.84 bits per heavy atom. The first kappa shape index (κ1) is 22.2. The Labute approximate surface area is 185 Å². The van der Waals surface area contributed by atoms with Crippen molar-refractivity contribution < 1.29 is 48.6 Å². The van der Waals surface area contributed by atoms with Crippen molar-refractivity contribution in [3.8, 4) is 0 Å². The van der Waals surface area contributed by atoms with Gasteiger partial charge >= 0.3 is 11.9 Å². The van der Waals surface area contributed by atoms with E-state index in [-0.39, 0.29) is 6.42 Å². The van der Waals surface area contributed by atoms with Gasteiger partial charge in [0.1, 0.15) is 18.3 Å². The third kappa shape index (κ3) is 2.40. The average Bonchev–Trinajstić information content (AvgIpc) is 2.99. The number of aliphatic hydroxyl groups is 3. The molecule has 0 aromatic rings. The van der Waals surface area contributed by atoms with Crippen molar-refractivity contribution >= 4 is 11.9 Å². The zero-order valence-corrected chi connectivity index (χ0v) is 18.5. The third-order valence-corrected chi connectivity index (χ3v) is 8.92. The van der Waals surface area contributed by atoms with Gasteiger partial charge in [-0.2, -0.15) is 0 Å². The van der Waals surface area contributed by atoms with Crippen LogP contribution in [0.5, 0.6) is 0 Å². The van der Waals surface area contributed by atoms with Crippen LogP contribution in [0.15, 0.2) is 12.2 Å². The molecule has 6 rings (SSSR count). The molecule has 11 atom stereocenters. The van der Waals surface area contributed by atoms with Crippen LogP contribution in [0, 0.1) is 22.7 Å². The lowest BCUT2D eigenvalue weighted by Gasteiger charge is -2.66. The Morgan fingerprint density at radius 1 is 1.12 bits per heavy atom. The number of carbonyl (C=O) groups is 2. The first-order chi connectivity index (χ1) is 15.0. The van der Waals surface area contributed by atoms with Crippen molar-refractivity contribution in [2.45, 2.75) is 75.2 Å². The third-order valence-electron chi connectivity index (χ3n) is 8.92. The highest BCUT2D eigenvalue weighted by Gasteiger charge is 2.74. The minimum Gasteiger partial charge on any atom is -0.459 e. The largest absolute Gasteiger partial charge is 0.459 e.